The molecule has 0 N–H and O–H groups in total. The second-order valence-electron chi connectivity index (χ2n) is 5.77. The van der Waals surface area contributed by atoms with Crippen LogP contribution in [-0.2, 0) is 0 Å². The molecular weight excluding hydrogens is 288 g/mol. The van der Waals surface area contributed by atoms with Crippen LogP contribution in [0.15, 0.2) is 103 Å². The molecule has 0 aliphatic heterocycles. The van der Waals surface area contributed by atoms with Crippen LogP contribution in [0, 0.1) is 6.07 Å². The summed E-state index contributed by atoms with van der Waals surface area (Å²) in [5, 5.41) is 0. The van der Waals surface area contributed by atoms with Gasteiger partial charge in [-0.1, -0.05) is 97.1 Å². The molecule has 0 nitrogen and oxygen atoms in total. The maximum Gasteiger partial charge on any atom is -0.00264 e. The van der Waals surface area contributed by atoms with E-state index in [0.29, 0.717) is 0 Å². The fourth-order valence-corrected chi connectivity index (χ4v) is 3.02. The first-order valence-electron chi connectivity index (χ1n) is 8.14. The van der Waals surface area contributed by atoms with Crippen molar-refractivity contribution in [2.75, 3.05) is 0 Å². The van der Waals surface area contributed by atoms with E-state index in [1.54, 1.807) is 0 Å². The first-order chi connectivity index (χ1) is 11.9. The SMILES string of the molecule is [c]1cccc(-c2ccccc2)c1-c1cccc(-c2ccccc2)c1. The molecule has 0 saturated carbocycles. The molecule has 24 heavy (non-hydrogen) atoms. The molecule has 0 aliphatic rings. The highest BCUT2D eigenvalue weighted by molar-refractivity contribution is 5.84. The summed E-state index contributed by atoms with van der Waals surface area (Å²) in [4.78, 5) is 0. The van der Waals surface area contributed by atoms with Gasteiger partial charge in [-0.25, -0.2) is 0 Å². The van der Waals surface area contributed by atoms with E-state index in [1.165, 1.54) is 27.8 Å². The Balaban J connectivity index is 1.84. The number of hydrogen-bond acceptors (Lipinski definition) is 0. The zero-order valence-corrected chi connectivity index (χ0v) is 13.3. The zero-order valence-electron chi connectivity index (χ0n) is 13.3. The fourth-order valence-electron chi connectivity index (χ4n) is 3.02. The van der Waals surface area contributed by atoms with Crippen molar-refractivity contribution in [1.82, 2.24) is 0 Å². The monoisotopic (exact) mass is 305 g/mol. The average Bonchev–Trinajstić information content (AvgIpc) is 2.69. The van der Waals surface area contributed by atoms with Gasteiger partial charge in [0.25, 0.3) is 0 Å². The van der Waals surface area contributed by atoms with E-state index in [1.807, 2.05) is 24.3 Å². The molecular formula is C24H17. The van der Waals surface area contributed by atoms with Crippen molar-refractivity contribution in [3.8, 4) is 33.4 Å². The van der Waals surface area contributed by atoms with E-state index in [2.05, 4.69) is 84.9 Å². The molecule has 0 aliphatic carbocycles. The summed E-state index contributed by atoms with van der Waals surface area (Å²) in [5.74, 6) is 0. The Morgan fingerprint density at radius 3 is 1.83 bits per heavy atom. The van der Waals surface area contributed by atoms with Gasteiger partial charge in [-0.05, 0) is 45.5 Å². The molecule has 0 heterocycles. The van der Waals surface area contributed by atoms with Crippen LogP contribution in [0.2, 0.25) is 0 Å². The maximum atomic E-state index is 3.43. The Morgan fingerprint density at radius 1 is 0.458 bits per heavy atom. The second kappa shape index (κ2) is 6.55. The van der Waals surface area contributed by atoms with Crippen molar-refractivity contribution in [3.05, 3.63) is 109 Å². The second-order valence-corrected chi connectivity index (χ2v) is 5.77. The van der Waals surface area contributed by atoms with Gasteiger partial charge >= 0.3 is 0 Å². The van der Waals surface area contributed by atoms with E-state index in [9.17, 15) is 0 Å². The lowest BCUT2D eigenvalue weighted by Crippen LogP contribution is -1.86. The summed E-state index contributed by atoms with van der Waals surface area (Å²) >= 11 is 0. The molecule has 0 heteroatoms. The molecule has 0 unspecified atom stereocenters. The Bertz CT molecular complexity index is 938. The Labute approximate surface area is 143 Å². The summed E-state index contributed by atoms with van der Waals surface area (Å²) < 4.78 is 0. The van der Waals surface area contributed by atoms with Crippen LogP contribution in [0.25, 0.3) is 33.4 Å². The quantitative estimate of drug-likeness (QED) is 0.406. The third-order valence-corrected chi connectivity index (χ3v) is 4.20. The standard InChI is InChI=1S/C24H17/c1-3-10-19(11-4-1)21-14-9-15-22(18-21)24-17-8-7-16-23(24)20-12-5-2-6-13-20/h1-16,18H. The van der Waals surface area contributed by atoms with Gasteiger partial charge < -0.3 is 0 Å². The molecule has 0 aromatic heterocycles. The van der Waals surface area contributed by atoms with Crippen LogP contribution in [0.3, 0.4) is 0 Å². The molecule has 0 bridgehead atoms. The number of rotatable bonds is 3. The van der Waals surface area contributed by atoms with Crippen molar-refractivity contribution in [3.63, 3.8) is 0 Å². The van der Waals surface area contributed by atoms with Crippen LogP contribution >= 0.6 is 0 Å². The molecule has 0 fully saturated rings. The van der Waals surface area contributed by atoms with Crippen molar-refractivity contribution in [2.24, 2.45) is 0 Å². The fraction of sp³-hybridized carbons (Fsp3) is 0. The zero-order chi connectivity index (χ0) is 16.2. The molecule has 0 amide bonds. The van der Waals surface area contributed by atoms with Crippen LogP contribution < -0.4 is 0 Å². The van der Waals surface area contributed by atoms with Crippen molar-refractivity contribution < 1.29 is 0 Å². The van der Waals surface area contributed by atoms with Gasteiger partial charge in [0.2, 0.25) is 0 Å². The lowest BCUT2D eigenvalue weighted by atomic mass is 9.93. The minimum absolute atomic E-state index is 1.14. The Morgan fingerprint density at radius 2 is 1.08 bits per heavy atom. The minimum atomic E-state index is 1.14. The summed E-state index contributed by atoms with van der Waals surface area (Å²) in [7, 11) is 0. The highest BCUT2D eigenvalue weighted by atomic mass is 14.1. The smallest absolute Gasteiger partial charge is 0.00264 e. The largest absolute Gasteiger partial charge is 0.0622 e. The highest BCUT2D eigenvalue weighted by Crippen LogP contribution is 2.33. The Hall–Kier alpha value is -3.12. The number of hydrogen-bond donors (Lipinski definition) is 0. The molecule has 4 aromatic rings. The van der Waals surface area contributed by atoms with Crippen LogP contribution in [-0.4, -0.2) is 0 Å². The van der Waals surface area contributed by atoms with Gasteiger partial charge in [0.1, 0.15) is 0 Å². The number of benzene rings is 4. The topological polar surface area (TPSA) is 0 Å². The van der Waals surface area contributed by atoms with Gasteiger partial charge in [0, 0.05) is 0 Å². The minimum Gasteiger partial charge on any atom is -0.0622 e. The van der Waals surface area contributed by atoms with Gasteiger partial charge in [0.15, 0.2) is 0 Å². The van der Waals surface area contributed by atoms with Crippen LogP contribution in [0.5, 0.6) is 0 Å². The van der Waals surface area contributed by atoms with Crippen LogP contribution in [0.1, 0.15) is 0 Å². The van der Waals surface area contributed by atoms with E-state index in [-0.39, 0.29) is 0 Å². The van der Waals surface area contributed by atoms with Crippen molar-refractivity contribution >= 4 is 0 Å². The lowest BCUT2D eigenvalue weighted by molar-refractivity contribution is 1.56. The average molecular weight is 305 g/mol. The summed E-state index contributed by atoms with van der Waals surface area (Å²) in [6.07, 6.45) is 0. The molecule has 0 atom stereocenters. The third kappa shape index (κ3) is 2.87. The molecule has 113 valence electrons. The maximum absolute atomic E-state index is 3.43. The van der Waals surface area contributed by atoms with Gasteiger partial charge in [-0.15, -0.1) is 0 Å². The summed E-state index contributed by atoms with van der Waals surface area (Å²) in [6, 6.07) is 39.3. The van der Waals surface area contributed by atoms with E-state index in [0.717, 1.165) is 5.56 Å². The highest BCUT2D eigenvalue weighted by Gasteiger charge is 2.08. The first-order valence-corrected chi connectivity index (χ1v) is 8.14. The van der Waals surface area contributed by atoms with E-state index in [4.69, 9.17) is 0 Å². The van der Waals surface area contributed by atoms with Gasteiger partial charge in [-0.2, -0.15) is 0 Å². The van der Waals surface area contributed by atoms with Gasteiger partial charge in [0.05, 0.1) is 0 Å². The van der Waals surface area contributed by atoms with E-state index < -0.39 is 0 Å². The molecule has 0 spiro atoms. The van der Waals surface area contributed by atoms with Crippen molar-refractivity contribution in [2.45, 2.75) is 0 Å². The third-order valence-electron chi connectivity index (χ3n) is 4.20. The van der Waals surface area contributed by atoms with Crippen molar-refractivity contribution in [1.29, 1.82) is 0 Å². The Kier molecular flexibility index (Phi) is 3.95. The normalized spacial score (nSPS) is 10.5. The first kappa shape index (κ1) is 14.5. The lowest BCUT2D eigenvalue weighted by Gasteiger charge is -2.11. The molecule has 0 saturated heterocycles. The predicted octanol–water partition coefficient (Wildman–Crippen LogP) is 6.49. The molecule has 4 aromatic carbocycles. The van der Waals surface area contributed by atoms with Crippen LogP contribution in [0.4, 0.5) is 0 Å². The summed E-state index contributed by atoms with van der Waals surface area (Å²) in [6.45, 7) is 0. The predicted molar refractivity (Wildman–Crippen MR) is 102 cm³/mol. The van der Waals surface area contributed by atoms with Gasteiger partial charge in [-0.3, -0.25) is 0 Å². The van der Waals surface area contributed by atoms with E-state index >= 15 is 0 Å². The summed E-state index contributed by atoms with van der Waals surface area (Å²) in [5.41, 5.74) is 7.22. The molecule has 1 radical (unpaired) electrons. The molecule has 4 rings (SSSR count).